The molecule has 0 atom stereocenters. The quantitative estimate of drug-likeness (QED) is 0.882. The van der Waals surface area contributed by atoms with E-state index in [1.807, 2.05) is 23.1 Å². The molecule has 0 unspecified atom stereocenters. The number of hydrogen-bond acceptors (Lipinski definition) is 3. The second kappa shape index (κ2) is 8.75. The molecule has 2 aliphatic heterocycles. The van der Waals surface area contributed by atoms with Gasteiger partial charge in [-0.1, -0.05) is 18.5 Å². The maximum absolute atomic E-state index is 12.7. The highest BCUT2D eigenvalue weighted by Crippen LogP contribution is 2.30. The summed E-state index contributed by atoms with van der Waals surface area (Å²) in [7, 11) is 0. The Bertz CT molecular complexity index is 611. The van der Waals surface area contributed by atoms with Crippen molar-refractivity contribution in [1.29, 1.82) is 0 Å². The van der Waals surface area contributed by atoms with Crippen LogP contribution in [0.15, 0.2) is 23.8 Å². The van der Waals surface area contributed by atoms with Gasteiger partial charge in [0.2, 0.25) is 0 Å². The minimum Gasteiger partial charge on any atom is -0.488 e. The first-order chi connectivity index (χ1) is 11.2. The molecule has 1 fully saturated rings. The third kappa shape index (κ3) is 4.44. The lowest BCUT2D eigenvalue weighted by Gasteiger charge is -2.33. The Morgan fingerprint density at radius 1 is 1.38 bits per heavy atom. The average molecular weight is 371 g/mol. The lowest BCUT2D eigenvalue weighted by atomic mass is 9.96. The predicted octanol–water partition coefficient (Wildman–Crippen LogP) is 3.39. The minimum absolute atomic E-state index is 0. The molecule has 0 spiro atoms. The molecule has 0 saturated carbocycles. The van der Waals surface area contributed by atoms with Gasteiger partial charge >= 0.3 is 0 Å². The lowest BCUT2D eigenvalue weighted by Crippen LogP contribution is -2.42. The van der Waals surface area contributed by atoms with Gasteiger partial charge in [-0.15, -0.1) is 12.4 Å². The van der Waals surface area contributed by atoms with Gasteiger partial charge in [-0.25, -0.2) is 0 Å². The number of nitrogens with zero attached hydrogens (tertiary/aromatic N) is 1. The van der Waals surface area contributed by atoms with Crippen LogP contribution in [0.4, 0.5) is 0 Å². The van der Waals surface area contributed by atoms with Crippen LogP contribution in [-0.4, -0.2) is 43.6 Å². The van der Waals surface area contributed by atoms with Crippen molar-refractivity contribution in [3.05, 3.63) is 34.4 Å². The summed E-state index contributed by atoms with van der Waals surface area (Å²) >= 11 is 6.02. The third-order valence-electron chi connectivity index (χ3n) is 4.54. The van der Waals surface area contributed by atoms with Gasteiger partial charge in [-0.05, 0) is 56.1 Å². The number of ether oxygens (including phenoxy) is 1. The zero-order valence-electron chi connectivity index (χ0n) is 13.9. The summed E-state index contributed by atoms with van der Waals surface area (Å²) in [5, 5.41) is 4.05. The van der Waals surface area contributed by atoms with Crippen molar-refractivity contribution in [3.63, 3.8) is 0 Å². The second-order valence-corrected chi connectivity index (χ2v) is 6.62. The van der Waals surface area contributed by atoms with Crippen LogP contribution in [0, 0.1) is 5.92 Å². The molecule has 4 nitrogen and oxygen atoms in total. The molecule has 2 heterocycles. The van der Waals surface area contributed by atoms with Gasteiger partial charge in [0.05, 0.1) is 5.57 Å². The van der Waals surface area contributed by atoms with E-state index in [1.54, 1.807) is 6.07 Å². The topological polar surface area (TPSA) is 41.6 Å². The standard InChI is InChI=1S/C18H23ClN2O2.ClH/c1-2-20-11-13-5-7-21(8-6-13)18(22)15-9-14-10-16(19)3-4-17(14)23-12-15;/h3-4,9-10,13,20H,2,5-8,11-12H2,1H3;1H. The van der Waals surface area contributed by atoms with Crippen LogP contribution in [0.3, 0.4) is 0 Å². The largest absolute Gasteiger partial charge is 0.488 e. The Balaban J connectivity index is 0.00000208. The Hall–Kier alpha value is -1.23. The zero-order chi connectivity index (χ0) is 16.2. The number of amides is 1. The van der Waals surface area contributed by atoms with Gasteiger partial charge in [0.25, 0.3) is 5.91 Å². The van der Waals surface area contributed by atoms with Crippen LogP contribution in [0.1, 0.15) is 25.3 Å². The highest BCUT2D eigenvalue weighted by atomic mass is 35.5. The van der Waals surface area contributed by atoms with Crippen molar-refractivity contribution in [2.75, 3.05) is 32.8 Å². The molecule has 132 valence electrons. The number of rotatable bonds is 4. The molecule has 3 rings (SSSR count). The predicted molar refractivity (Wildman–Crippen MR) is 100 cm³/mol. The van der Waals surface area contributed by atoms with E-state index in [0.717, 1.165) is 50.3 Å². The first-order valence-corrected chi connectivity index (χ1v) is 8.68. The summed E-state index contributed by atoms with van der Waals surface area (Å²) in [5.74, 6) is 1.56. The van der Waals surface area contributed by atoms with E-state index in [1.165, 1.54) is 0 Å². The molecule has 1 aromatic carbocycles. The molecule has 0 aliphatic carbocycles. The Morgan fingerprint density at radius 2 is 2.12 bits per heavy atom. The third-order valence-corrected chi connectivity index (χ3v) is 4.78. The number of halogens is 2. The molecule has 1 saturated heterocycles. The second-order valence-electron chi connectivity index (χ2n) is 6.18. The fraction of sp³-hybridized carbons (Fsp3) is 0.500. The smallest absolute Gasteiger partial charge is 0.253 e. The Kier molecular flexibility index (Phi) is 6.96. The molecular weight excluding hydrogens is 347 g/mol. The number of fused-ring (bicyclic) bond motifs is 1. The highest BCUT2D eigenvalue weighted by Gasteiger charge is 2.26. The van der Waals surface area contributed by atoms with Crippen molar-refractivity contribution in [3.8, 4) is 5.75 Å². The number of benzene rings is 1. The molecular formula is C18H24Cl2N2O2. The normalized spacial score (nSPS) is 17.4. The fourth-order valence-corrected chi connectivity index (χ4v) is 3.34. The Labute approximate surface area is 154 Å². The van der Waals surface area contributed by atoms with Crippen LogP contribution in [0.2, 0.25) is 5.02 Å². The van der Waals surface area contributed by atoms with Crippen molar-refractivity contribution in [1.82, 2.24) is 10.2 Å². The summed E-state index contributed by atoms with van der Waals surface area (Å²) in [4.78, 5) is 14.6. The fourth-order valence-electron chi connectivity index (χ4n) is 3.16. The minimum atomic E-state index is 0. The van der Waals surface area contributed by atoms with E-state index in [-0.39, 0.29) is 18.3 Å². The first-order valence-electron chi connectivity index (χ1n) is 8.30. The van der Waals surface area contributed by atoms with Crippen molar-refractivity contribution in [2.45, 2.75) is 19.8 Å². The molecule has 1 N–H and O–H groups in total. The number of likely N-dealkylation sites (tertiary alicyclic amines) is 1. The SMILES string of the molecule is CCNCC1CCN(C(=O)C2=Cc3cc(Cl)ccc3OC2)CC1.Cl. The van der Waals surface area contributed by atoms with Crippen LogP contribution in [-0.2, 0) is 4.79 Å². The van der Waals surface area contributed by atoms with Crippen molar-refractivity contribution >= 4 is 36.0 Å². The lowest BCUT2D eigenvalue weighted by molar-refractivity contribution is -0.128. The number of nitrogens with one attached hydrogen (secondary N) is 1. The van der Waals surface area contributed by atoms with Gasteiger partial charge < -0.3 is 15.0 Å². The van der Waals surface area contributed by atoms with Crippen LogP contribution in [0.25, 0.3) is 6.08 Å². The first kappa shape index (κ1) is 19.1. The average Bonchev–Trinajstić information content (AvgIpc) is 2.59. The molecule has 2 aliphatic rings. The van der Waals surface area contributed by atoms with Gasteiger partial charge in [-0.3, -0.25) is 4.79 Å². The Morgan fingerprint density at radius 3 is 2.83 bits per heavy atom. The summed E-state index contributed by atoms with van der Waals surface area (Å²) < 4.78 is 5.69. The van der Waals surface area contributed by atoms with E-state index in [4.69, 9.17) is 16.3 Å². The maximum atomic E-state index is 12.7. The van der Waals surface area contributed by atoms with Gasteiger partial charge in [-0.2, -0.15) is 0 Å². The monoisotopic (exact) mass is 370 g/mol. The molecule has 0 bridgehead atoms. The molecule has 0 radical (unpaired) electrons. The van der Waals surface area contributed by atoms with Gasteiger partial charge in [0.15, 0.2) is 0 Å². The van der Waals surface area contributed by atoms with Crippen LogP contribution >= 0.6 is 24.0 Å². The molecule has 6 heteroatoms. The highest BCUT2D eigenvalue weighted by molar-refractivity contribution is 6.30. The molecule has 0 aromatic heterocycles. The van der Waals surface area contributed by atoms with E-state index in [9.17, 15) is 4.79 Å². The summed E-state index contributed by atoms with van der Waals surface area (Å²) in [6.45, 7) is 6.17. The number of carbonyl (C=O) groups is 1. The van der Waals surface area contributed by atoms with Crippen molar-refractivity contribution < 1.29 is 9.53 Å². The number of carbonyl (C=O) groups excluding carboxylic acids is 1. The number of piperidine rings is 1. The summed E-state index contributed by atoms with van der Waals surface area (Å²) in [6.07, 6.45) is 4.04. The van der Waals surface area contributed by atoms with E-state index >= 15 is 0 Å². The van der Waals surface area contributed by atoms with E-state index in [0.29, 0.717) is 23.1 Å². The summed E-state index contributed by atoms with van der Waals surface area (Å²) in [5.41, 5.74) is 1.60. The maximum Gasteiger partial charge on any atom is 0.253 e. The van der Waals surface area contributed by atoms with Crippen LogP contribution in [0.5, 0.6) is 5.75 Å². The molecule has 1 aromatic rings. The van der Waals surface area contributed by atoms with Gasteiger partial charge in [0.1, 0.15) is 12.4 Å². The van der Waals surface area contributed by atoms with Gasteiger partial charge in [0, 0.05) is 23.7 Å². The molecule has 24 heavy (non-hydrogen) atoms. The van der Waals surface area contributed by atoms with E-state index < -0.39 is 0 Å². The van der Waals surface area contributed by atoms with Crippen LogP contribution < -0.4 is 10.1 Å². The van der Waals surface area contributed by atoms with Crippen molar-refractivity contribution in [2.24, 2.45) is 5.92 Å². The molecule has 1 amide bonds. The zero-order valence-corrected chi connectivity index (χ0v) is 15.5. The summed E-state index contributed by atoms with van der Waals surface area (Å²) in [6, 6.07) is 5.49. The number of hydrogen-bond donors (Lipinski definition) is 1. The van der Waals surface area contributed by atoms with E-state index in [2.05, 4.69) is 12.2 Å².